The van der Waals surface area contributed by atoms with Crippen LogP contribution in [0.1, 0.15) is 16.5 Å². The fourth-order valence-corrected chi connectivity index (χ4v) is 4.03. The van der Waals surface area contributed by atoms with Gasteiger partial charge in [0.2, 0.25) is 0 Å². The lowest BCUT2D eigenvalue weighted by atomic mass is 10.00. The number of hydrogen-bond acceptors (Lipinski definition) is 5. The average molecular weight is 435 g/mol. The molecule has 7 heteroatoms. The molecule has 1 N–H and O–H groups in total. The number of nitrogens with zero attached hydrogens (tertiary/aromatic N) is 2. The SMILES string of the molecule is CN(C)CCN1C(=O)C(=O)/C(=C(\O)c2ccc(Br)cc2)C1c1cccs1. The maximum Gasteiger partial charge on any atom is 0.295 e. The molecule has 1 aliphatic heterocycles. The molecule has 0 radical (unpaired) electrons. The zero-order valence-electron chi connectivity index (χ0n) is 14.5. The molecule has 5 nitrogen and oxygen atoms in total. The van der Waals surface area contributed by atoms with Crippen LogP contribution < -0.4 is 0 Å². The van der Waals surface area contributed by atoms with Crippen molar-refractivity contribution in [3.05, 3.63) is 62.3 Å². The average Bonchev–Trinajstić information content (AvgIpc) is 3.21. The molecule has 0 saturated carbocycles. The van der Waals surface area contributed by atoms with Crippen LogP contribution in [0.5, 0.6) is 0 Å². The van der Waals surface area contributed by atoms with Crippen molar-refractivity contribution in [2.24, 2.45) is 0 Å². The normalized spacial score (nSPS) is 19.5. The highest BCUT2D eigenvalue weighted by Crippen LogP contribution is 2.40. The Kier molecular flexibility index (Phi) is 5.60. The number of Topliss-reactive ketones (excluding diaryl/α,β-unsaturated/α-hetero) is 1. The maximum atomic E-state index is 12.7. The molecule has 2 heterocycles. The second-order valence-electron chi connectivity index (χ2n) is 6.32. The molecule has 1 aliphatic rings. The monoisotopic (exact) mass is 434 g/mol. The number of likely N-dealkylation sites (N-methyl/N-ethyl adjacent to an activating group) is 1. The van der Waals surface area contributed by atoms with E-state index in [1.165, 1.54) is 11.3 Å². The van der Waals surface area contributed by atoms with Crippen LogP contribution >= 0.6 is 27.3 Å². The Balaban J connectivity index is 2.09. The standard InChI is InChI=1S/C19H19BrN2O3S/c1-21(2)9-10-22-16(14-4-3-11-26-14)15(18(24)19(22)25)17(23)12-5-7-13(20)8-6-12/h3-8,11,16,23H,9-10H2,1-2H3/b17-15-. The first kappa shape index (κ1) is 18.8. The number of aliphatic hydroxyl groups is 1. The van der Waals surface area contributed by atoms with Gasteiger partial charge in [0.1, 0.15) is 5.76 Å². The molecule has 136 valence electrons. The number of likely N-dealkylation sites (tertiary alicyclic amines) is 1. The number of ketones is 1. The third-order valence-electron chi connectivity index (χ3n) is 4.26. The fraction of sp³-hybridized carbons (Fsp3) is 0.263. The van der Waals surface area contributed by atoms with E-state index in [0.717, 1.165) is 9.35 Å². The number of halogens is 1. The lowest BCUT2D eigenvalue weighted by Gasteiger charge is -2.25. The highest BCUT2D eigenvalue weighted by atomic mass is 79.9. The molecule has 1 amide bonds. The van der Waals surface area contributed by atoms with Crippen molar-refractivity contribution in [1.29, 1.82) is 0 Å². The first-order valence-electron chi connectivity index (χ1n) is 8.12. The Morgan fingerprint density at radius 3 is 2.50 bits per heavy atom. The second-order valence-corrected chi connectivity index (χ2v) is 8.21. The molecule has 1 aromatic carbocycles. The summed E-state index contributed by atoms with van der Waals surface area (Å²) in [6.07, 6.45) is 0. The Labute approximate surface area is 164 Å². The highest BCUT2D eigenvalue weighted by Gasteiger charge is 2.46. The topological polar surface area (TPSA) is 60.9 Å². The molecule has 1 saturated heterocycles. The molecule has 1 aromatic heterocycles. The number of amides is 1. The van der Waals surface area contributed by atoms with Crippen molar-refractivity contribution < 1.29 is 14.7 Å². The summed E-state index contributed by atoms with van der Waals surface area (Å²) in [5, 5.41) is 12.7. The quantitative estimate of drug-likeness (QED) is 0.444. The third kappa shape index (κ3) is 3.60. The zero-order valence-corrected chi connectivity index (χ0v) is 16.9. The summed E-state index contributed by atoms with van der Waals surface area (Å²) in [6, 6.07) is 10.2. The van der Waals surface area contributed by atoms with Crippen molar-refractivity contribution in [1.82, 2.24) is 9.80 Å². The molecule has 0 aliphatic carbocycles. The van der Waals surface area contributed by atoms with Crippen molar-refractivity contribution in [2.45, 2.75) is 6.04 Å². The van der Waals surface area contributed by atoms with Crippen LogP contribution in [0.3, 0.4) is 0 Å². The number of hydrogen-bond donors (Lipinski definition) is 1. The van der Waals surface area contributed by atoms with Crippen LogP contribution in [0, 0.1) is 0 Å². The highest BCUT2D eigenvalue weighted by molar-refractivity contribution is 9.10. The molecule has 0 spiro atoms. The van der Waals surface area contributed by atoms with E-state index in [2.05, 4.69) is 15.9 Å². The van der Waals surface area contributed by atoms with Crippen LogP contribution in [-0.4, -0.2) is 53.8 Å². The van der Waals surface area contributed by atoms with E-state index in [9.17, 15) is 14.7 Å². The summed E-state index contributed by atoms with van der Waals surface area (Å²) in [5.74, 6) is -1.34. The van der Waals surface area contributed by atoms with E-state index < -0.39 is 17.7 Å². The first-order valence-corrected chi connectivity index (χ1v) is 9.80. The Morgan fingerprint density at radius 1 is 1.23 bits per heavy atom. The largest absolute Gasteiger partial charge is 0.507 e. The number of thiophene rings is 1. The van der Waals surface area contributed by atoms with Crippen LogP contribution in [0.4, 0.5) is 0 Å². The van der Waals surface area contributed by atoms with Crippen LogP contribution in [0.2, 0.25) is 0 Å². The van der Waals surface area contributed by atoms with E-state index in [0.29, 0.717) is 18.7 Å². The van der Waals surface area contributed by atoms with Gasteiger partial charge in [0.25, 0.3) is 11.7 Å². The molecule has 26 heavy (non-hydrogen) atoms. The number of benzene rings is 1. The van der Waals surface area contributed by atoms with Crippen molar-refractivity contribution in [3.8, 4) is 0 Å². The van der Waals surface area contributed by atoms with Gasteiger partial charge in [-0.2, -0.15) is 0 Å². The van der Waals surface area contributed by atoms with Crippen molar-refractivity contribution >= 4 is 44.7 Å². The van der Waals surface area contributed by atoms with Gasteiger partial charge in [-0.1, -0.05) is 34.1 Å². The Bertz CT molecular complexity index is 844. The molecule has 0 bridgehead atoms. The minimum absolute atomic E-state index is 0.137. The van der Waals surface area contributed by atoms with Gasteiger partial charge in [-0.15, -0.1) is 11.3 Å². The summed E-state index contributed by atoms with van der Waals surface area (Å²) in [4.78, 5) is 29.7. The third-order valence-corrected chi connectivity index (χ3v) is 5.71. The van der Waals surface area contributed by atoms with Gasteiger partial charge in [0.05, 0.1) is 11.6 Å². The van der Waals surface area contributed by atoms with Gasteiger partial charge in [0.15, 0.2) is 0 Å². The zero-order chi connectivity index (χ0) is 18.8. The summed E-state index contributed by atoms with van der Waals surface area (Å²) < 4.78 is 0.871. The van der Waals surface area contributed by atoms with Gasteiger partial charge < -0.3 is 14.9 Å². The molecule has 1 fully saturated rings. The van der Waals surface area contributed by atoms with Gasteiger partial charge in [-0.3, -0.25) is 9.59 Å². The summed E-state index contributed by atoms with van der Waals surface area (Å²) in [5.41, 5.74) is 0.666. The maximum absolute atomic E-state index is 12.7. The molecule has 1 atom stereocenters. The predicted octanol–water partition coefficient (Wildman–Crippen LogP) is 3.49. The van der Waals surface area contributed by atoms with Crippen LogP contribution in [0.15, 0.2) is 51.8 Å². The number of carbonyl (C=O) groups excluding carboxylic acids is 2. The lowest BCUT2D eigenvalue weighted by molar-refractivity contribution is -0.140. The fourth-order valence-electron chi connectivity index (χ4n) is 2.92. The number of carbonyl (C=O) groups is 2. The number of rotatable bonds is 5. The molecule has 3 rings (SSSR count). The Morgan fingerprint density at radius 2 is 1.92 bits per heavy atom. The minimum Gasteiger partial charge on any atom is -0.507 e. The summed E-state index contributed by atoms with van der Waals surface area (Å²) in [6.45, 7) is 1.05. The van der Waals surface area contributed by atoms with Crippen LogP contribution in [0.25, 0.3) is 5.76 Å². The second kappa shape index (κ2) is 7.73. The van der Waals surface area contributed by atoms with Gasteiger partial charge in [-0.25, -0.2) is 0 Å². The summed E-state index contributed by atoms with van der Waals surface area (Å²) in [7, 11) is 3.83. The minimum atomic E-state index is -0.637. The van der Waals surface area contributed by atoms with Gasteiger partial charge >= 0.3 is 0 Å². The lowest BCUT2D eigenvalue weighted by Crippen LogP contribution is -2.35. The van der Waals surface area contributed by atoms with Gasteiger partial charge in [0, 0.05) is 28.0 Å². The van der Waals surface area contributed by atoms with Crippen molar-refractivity contribution in [2.75, 3.05) is 27.2 Å². The van der Waals surface area contributed by atoms with Gasteiger partial charge in [-0.05, 0) is 37.7 Å². The predicted molar refractivity (Wildman–Crippen MR) is 106 cm³/mol. The first-order chi connectivity index (χ1) is 12.4. The molecular weight excluding hydrogens is 416 g/mol. The van der Waals surface area contributed by atoms with E-state index in [1.807, 2.05) is 36.5 Å². The molecule has 1 unspecified atom stereocenters. The number of aliphatic hydroxyl groups excluding tert-OH is 1. The van der Waals surface area contributed by atoms with E-state index in [1.54, 1.807) is 29.2 Å². The molecule has 2 aromatic rings. The molecular formula is C19H19BrN2O3S. The van der Waals surface area contributed by atoms with Crippen molar-refractivity contribution in [3.63, 3.8) is 0 Å². The van der Waals surface area contributed by atoms with E-state index >= 15 is 0 Å². The Hall–Kier alpha value is -1.96. The summed E-state index contributed by atoms with van der Waals surface area (Å²) >= 11 is 4.83. The van der Waals surface area contributed by atoms with E-state index in [-0.39, 0.29) is 11.3 Å². The van der Waals surface area contributed by atoms with E-state index in [4.69, 9.17) is 0 Å². The smallest absolute Gasteiger partial charge is 0.295 e. The van der Waals surface area contributed by atoms with Crippen LogP contribution in [-0.2, 0) is 9.59 Å².